The zero-order valence-corrected chi connectivity index (χ0v) is 15.2. The van der Waals surface area contributed by atoms with Crippen LogP contribution in [-0.4, -0.2) is 0 Å². The molecule has 0 atom stereocenters. The molecule has 122 valence electrons. The first-order valence-corrected chi connectivity index (χ1v) is 9.77. The first-order chi connectivity index (χ1) is 12.8. The molecule has 0 saturated heterocycles. The predicted octanol–water partition coefficient (Wildman–Crippen LogP) is 7.82. The molecule has 1 heteroatoms. The molecule has 1 heterocycles. The number of hydrogen-bond donors (Lipinski definition) is 0. The second-order valence-corrected chi connectivity index (χ2v) is 8.15. The highest BCUT2D eigenvalue weighted by molar-refractivity contribution is 7.26. The van der Waals surface area contributed by atoms with Gasteiger partial charge in [0, 0.05) is 20.2 Å². The maximum Gasteiger partial charge on any atom is 0.0364 e. The molecule has 0 spiro atoms. The fraction of sp³-hybridized carbons (Fsp3) is 0.0400. The van der Waals surface area contributed by atoms with E-state index < -0.39 is 0 Å². The van der Waals surface area contributed by atoms with Crippen molar-refractivity contribution < 1.29 is 0 Å². The third-order valence-electron chi connectivity index (χ3n) is 5.55. The van der Waals surface area contributed by atoms with Gasteiger partial charge in [0.2, 0.25) is 0 Å². The molecule has 0 aliphatic carbocycles. The van der Waals surface area contributed by atoms with Gasteiger partial charge in [-0.05, 0) is 69.1 Å². The second kappa shape index (κ2) is 5.06. The van der Waals surface area contributed by atoms with Crippen molar-refractivity contribution >= 4 is 63.8 Å². The lowest BCUT2D eigenvalue weighted by Gasteiger charge is -2.10. The van der Waals surface area contributed by atoms with Gasteiger partial charge in [-0.25, -0.2) is 0 Å². The lowest BCUT2D eigenvalue weighted by Crippen LogP contribution is -1.83. The van der Waals surface area contributed by atoms with Crippen LogP contribution in [0.3, 0.4) is 0 Å². The molecular weight excluding hydrogens is 332 g/mol. The quantitative estimate of drug-likeness (QED) is 0.194. The van der Waals surface area contributed by atoms with Crippen molar-refractivity contribution in [2.75, 3.05) is 0 Å². The van der Waals surface area contributed by atoms with Gasteiger partial charge in [-0.15, -0.1) is 11.3 Å². The first kappa shape index (κ1) is 14.3. The van der Waals surface area contributed by atoms with Crippen molar-refractivity contribution in [2.24, 2.45) is 0 Å². The number of thiophene rings is 1. The molecule has 6 rings (SSSR count). The van der Waals surface area contributed by atoms with E-state index in [0.717, 1.165) is 0 Å². The van der Waals surface area contributed by atoms with Crippen LogP contribution >= 0.6 is 11.3 Å². The zero-order chi connectivity index (χ0) is 17.3. The molecule has 6 aromatic rings. The molecule has 0 amide bonds. The van der Waals surface area contributed by atoms with Crippen molar-refractivity contribution in [3.05, 3.63) is 84.4 Å². The molecule has 0 nitrogen and oxygen atoms in total. The highest BCUT2D eigenvalue weighted by Gasteiger charge is 2.12. The number of aryl methyl sites for hydroxylation is 1. The molecular formula is C25H16S. The van der Waals surface area contributed by atoms with Crippen molar-refractivity contribution in [1.29, 1.82) is 0 Å². The topological polar surface area (TPSA) is 0 Å². The van der Waals surface area contributed by atoms with E-state index in [1.807, 2.05) is 11.3 Å². The van der Waals surface area contributed by atoms with Crippen LogP contribution in [0.1, 0.15) is 5.56 Å². The van der Waals surface area contributed by atoms with Crippen LogP contribution in [0.15, 0.2) is 78.9 Å². The van der Waals surface area contributed by atoms with Crippen LogP contribution < -0.4 is 0 Å². The summed E-state index contributed by atoms with van der Waals surface area (Å²) in [6.45, 7) is 2.24. The molecule has 0 radical (unpaired) electrons. The van der Waals surface area contributed by atoms with Crippen molar-refractivity contribution in [3.8, 4) is 0 Å². The van der Waals surface area contributed by atoms with E-state index in [0.29, 0.717) is 0 Å². The Kier molecular flexibility index (Phi) is 2.78. The Labute approximate surface area is 155 Å². The summed E-state index contributed by atoms with van der Waals surface area (Å²) < 4.78 is 2.75. The Hall–Kier alpha value is -2.90. The van der Waals surface area contributed by atoms with E-state index >= 15 is 0 Å². The van der Waals surface area contributed by atoms with Crippen molar-refractivity contribution in [2.45, 2.75) is 6.92 Å². The Morgan fingerprint density at radius 3 is 2.23 bits per heavy atom. The Morgan fingerprint density at radius 2 is 1.31 bits per heavy atom. The fourth-order valence-corrected chi connectivity index (χ4v) is 5.53. The summed E-state index contributed by atoms with van der Waals surface area (Å²) in [6.07, 6.45) is 0. The highest BCUT2D eigenvalue weighted by atomic mass is 32.1. The van der Waals surface area contributed by atoms with E-state index in [2.05, 4.69) is 85.8 Å². The minimum Gasteiger partial charge on any atom is -0.135 e. The van der Waals surface area contributed by atoms with E-state index in [1.54, 1.807) is 0 Å². The Balaban J connectivity index is 1.89. The lowest BCUT2D eigenvalue weighted by atomic mass is 9.94. The molecule has 1 aromatic heterocycles. The lowest BCUT2D eigenvalue weighted by molar-refractivity contribution is 1.58. The maximum atomic E-state index is 2.40. The summed E-state index contributed by atoms with van der Waals surface area (Å²) in [6, 6.07) is 29.1. The largest absolute Gasteiger partial charge is 0.135 e. The average Bonchev–Trinajstić information content (AvgIpc) is 3.05. The normalized spacial score (nSPS) is 12.0. The monoisotopic (exact) mass is 348 g/mol. The Morgan fingerprint density at radius 1 is 0.538 bits per heavy atom. The van der Waals surface area contributed by atoms with Gasteiger partial charge in [-0.2, -0.15) is 0 Å². The maximum absolute atomic E-state index is 2.40. The van der Waals surface area contributed by atoms with Crippen LogP contribution in [-0.2, 0) is 0 Å². The van der Waals surface area contributed by atoms with Crippen molar-refractivity contribution in [3.63, 3.8) is 0 Å². The van der Waals surface area contributed by atoms with E-state index in [-0.39, 0.29) is 0 Å². The third kappa shape index (κ3) is 1.84. The first-order valence-electron chi connectivity index (χ1n) is 8.96. The number of rotatable bonds is 0. The highest BCUT2D eigenvalue weighted by Crippen LogP contribution is 2.41. The predicted molar refractivity (Wildman–Crippen MR) is 117 cm³/mol. The standard InChI is InChI=1S/C25H16S/c1-15-12-24-25(19-8-4-5-9-23(19)26-24)22-13-17-11-10-16-6-2-3-7-18(16)21(17)14-20(15)22/h2-14H,1H3. The molecule has 0 bridgehead atoms. The van der Waals surface area contributed by atoms with Gasteiger partial charge < -0.3 is 0 Å². The van der Waals surface area contributed by atoms with Crippen LogP contribution in [0.4, 0.5) is 0 Å². The van der Waals surface area contributed by atoms with Gasteiger partial charge >= 0.3 is 0 Å². The van der Waals surface area contributed by atoms with Crippen molar-refractivity contribution in [1.82, 2.24) is 0 Å². The van der Waals surface area contributed by atoms with Gasteiger partial charge in [-0.3, -0.25) is 0 Å². The smallest absolute Gasteiger partial charge is 0.0364 e. The fourth-order valence-electron chi connectivity index (χ4n) is 4.31. The van der Waals surface area contributed by atoms with Crippen LogP contribution in [0.25, 0.3) is 52.5 Å². The number of hydrogen-bond acceptors (Lipinski definition) is 1. The summed E-state index contributed by atoms with van der Waals surface area (Å²) >= 11 is 1.90. The number of benzene rings is 5. The van der Waals surface area contributed by atoms with Gasteiger partial charge in [0.15, 0.2) is 0 Å². The van der Waals surface area contributed by atoms with E-state index in [4.69, 9.17) is 0 Å². The Bertz CT molecular complexity index is 1480. The van der Waals surface area contributed by atoms with Crippen LogP contribution in [0, 0.1) is 6.92 Å². The zero-order valence-electron chi connectivity index (χ0n) is 14.4. The molecule has 0 fully saturated rings. The summed E-state index contributed by atoms with van der Waals surface area (Å²) in [5, 5.41) is 10.8. The van der Waals surface area contributed by atoms with Gasteiger partial charge in [-0.1, -0.05) is 54.6 Å². The minimum atomic E-state index is 1.30. The third-order valence-corrected chi connectivity index (χ3v) is 6.67. The van der Waals surface area contributed by atoms with Gasteiger partial charge in [0.1, 0.15) is 0 Å². The summed E-state index contributed by atoms with van der Waals surface area (Å²) in [4.78, 5) is 0. The average molecular weight is 348 g/mol. The molecule has 0 unspecified atom stereocenters. The van der Waals surface area contributed by atoms with Gasteiger partial charge in [0.25, 0.3) is 0 Å². The van der Waals surface area contributed by atoms with Crippen LogP contribution in [0.5, 0.6) is 0 Å². The SMILES string of the molecule is Cc1cc2sc3ccccc3c2c2cc3ccc4ccccc4c3cc12. The molecule has 0 aliphatic rings. The molecule has 0 saturated carbocycles. The summed E-state index contributed by atoms with van der Waals surface area (Å²) in [5.41, 5.74) is 1.36. The minimum absolute atomic E-state index is 1.30. The summed E-state index contributed by atoms with van der Waals surface area (Å²) in [5.74, 6) is 0. The van der Waals surface area contributed by atoms with E-state index in [1.165, 1.54) is 58.1 Å². The molecule has 0 aliphatic heterocycles. The number of fused-ring (bicyclic) bond motifs is 8. The van der Waals surface area contributed by atoms with E-state index in [9.17, 15) is 0 Å². The summed E-state index contributed by atoms with van der Waals surface area (Å²) in [7, 11) is 0. The van der Waals surface area contributed by atoms with Gasteiger partial charge in [0.05, 0.1) is 0 Å². The second-order valence-electron chi connectivity index (χ2n) is 7.07. The molecule has 5 aromatic carbocycles. The molecule has 0 N–H and O–H groups in total. The molecule has 26 heavy (non-hydrogen) atoms. The van der Waals surface area contributed by atoms with Crippen LogP contribution in [0.2, 0.25) is 0 Å².